The summed E-state index contributed by atoms with van der Waals surface area (Å²) in [5.74, 6) is -0.0743. The van der Waals surface area contributed by atoms with E-state index in [1.807, 2.05) is 25.9 Å². The Morgan fingerprint density at radius 2 is 2.00 bits per heavy atom. The van der Waals surface area contributed by atoms with Crippen molar-refractivity contribution in [2.24, 2.45) is 5.92 Å². The van der Waals surface area contributed by atoms with Gasteiger partial charge in [-0.15, -0.1) is 0 Å². The van der Waals surface area contributed by atoms with Gasteiger partial charge in [0.05, 0.1) is 0 Å². The second-order valence-electron chi connectivity index (χ2n) is 6.16. The number of nitrogens with zero attached hydrogens (tertiary/aromatic N) is 3. The minimum atomic E-state index is -4.72. The lowest BCUT2D eigenvalue weighted by Gasteiger charge is -2.22. The summed E-state index contributed by atoms with van der Waals surface area (Å²) in [6.45, 7) is 2.69. The van der Waals surface area contributed by atoms with Crippen LogP contribution in [0.2, 0.25) is 0 Å². The molecule has 0 radical (unpaired) electrons. The first-order valence-corrected chi connectivity index (χ1v) is 7.32. The maximum atomic E-state index is 12.7. The molecule has 2 rings (SSSR count). The number of carbonyl (C=O) groups excluding carboxylic acids is 1. The molecule has 5 nitrogen and oxygen atoms in total. The van der Waals surface area contributed by atoms with Gasteiger partial charge in [0.15, 0.2) is 0 Å². The van der Waals surface area contributed by atoms with Crippen LogP contribution in [-0.4, -0.2) is 53.5 Å². The standard InChI is InChI=1S/C15H20F3N3O2/c1-10-7-21(8-12(10)19(2)3)13(22)9-20-6-4-5-11(14(20)23)15(16,17)18/h4-6,10,12H,7-9H2,1-3H3/t10-,12-/m0/s1. The van der Waals surface area contributed by atoms with Gasteiger partial charge in [-0.2, -0.15) is 13.2 Å². The van der Waals surface area contributed by atoms with E-state index in [9.17, 15) is 22.8 Å². The molecule has 0 aliphatic carbocycles. The predicted octanol–water partition coefficient (Wildman–Crippen LogP) is 1.28. The van der Waals surface area contributed by atoms with Gasteiger partial charge in [-0.05, 0) is 32.1 Å². The molecule has 1 aromatic heterocycles. The first-order chi connectivity index (χ1) is 10.6. The van der Waals surface area contributed by atoms with Crippen LogP contribution in [0.5, 0.6) is 0 Å². The molecule has 128 valence electrons. The number of halogens is 3. The maximum Gasteiger partial charge on any atom is 0.421 e. The highest BCUT2D eigenvalue weighted by molar-refractivity contribution is 5.76. The Balaban J connectivity index is 2.15. The van der Waals surface area contributed by atoms with Gasteiger partial charge in [0, 0.05) is 25.3 Å². The van der Waals surface area contributed by atoms with Crippen LogP contribution in [0.1, 0.15) is 12.5 Å². The number of hydrogen-bond donors (Lipinski definition) is 0. The Hall–Kier alpha value is -1.83. The molecule has 8 heteroatoms. The van der Waals surface area contributed by atoms with Gasteiger partial charge in [0.2, 0.25) is 5.91 Å². The van der Waals surface area contributed by atoms with Crippen LogP contribution in [0, 0.1) is 5.92 Å². The van der Waals surface area contributed by atoms with Gasteiger partial charge >= 0.3 is 6.18 Å². The molecule has 0 aromatic carbocycles. The molecule has 1 amide bonds. The zero-order chi connectivity index (χ0) is 17.4. The fraction of sp³-hybridized carbons (Fsp3) is 0.600. The fourth-order valence-corrected chi connectivity index (χ4v) is 2.95. The Bertz CT molecular complexity index is 640. The summed E-state index contributed by atoms with van der Waals surface area (Å²) >= 11 is 0. The first-order valence-electron chi connectivity index (χ1n) is 7.32. The van der Waals surface area contributed by atoms with E-state index < -0.39 is 17.3 Å². The molecule has 0 unspecified atom stereocenters. The number of pyridine rings is 1. The van der Waals surface area contributed by atoms with Gasteiger partial charge in [-0.3, -0.25) is 9.59 Å². The van der Waals surface area contributed by atoms with E-state index in [1.54, 1.807) is 4.90 Å². The lowest BCUT2D eigenvalue weighted by atomic mass is 10.1. The SMILES string of the molecule is C[C@H]1CN(C(=O)Cn2cccc(C(F)(F)F)c2=O)C[C@@H]1N(C)C. The summed E-state index contributed by atoms with van der Waals surface area (Å²) in [5, 5.41) is 0. The maximum absolute atomic E-state index is 12.7. The summed E-state index contributed by atoms with van der Waals surface area (Å²) in [5.41, 5.74) is -2.45. The third-order valence-electron chi connectivity index (χ3n) is 4.22. The average Bonchev–Trinajstić information content (AvgIpc) is 2.82. The lowest BCUT2D eigenvalue weighted by Crippen LogP contribution is -2.38. The van der Waals surface area contributed by atoms with E-state index >= 15 is 0 Å². The molecule has 0 N–H and O–H groups in total. The molecule has 1 aliphatic heterocycles. The number of amides is 1. The number of rotatable bonds is 3. The third-order valence-corrected chi connectivity index (χ3v) is 4.22. The van der Waals surface area contributed by atoms with Crippen LogP contribution >= 0.6 is 0 Å². The summed E-state index contributed by atoms with van der Waals surface area (Å²) in [7, 11) is 3.85. The average molecular weight is 331 g/mol. The summed E-state index contributed by atoms with van der Waals surface area (Å²) in [6, 6.07) is 2.06. The molecule has 2 atom stereocenters. The van der Waals surface area contributed by atoms with Crippen molar-refractivity contribution in [1.29, 1.82) is 0 Å². The van der Waals surface area contributed by atoms with E-state index in [4.69, 9.17) is 0 Å². The largest absolute Gasteiger partial charge is 0.421 e. The van der Waals surface area contributed by atoms with Crippen LogP contribution < -0.4 is 5.56 Å². The van der Waals surface area contributed by atoms with Crippen LogP contribution in [0.15, 0.2) is 23.1 Å². The van der Waals surface area contributed by atoms with Crippen molar-refractivity contribution in [3.8, 4) is 0 Å². The van der Waals surface area contributed by atoms with Crippen molar-refractivity contribution in [2.75, 3.05) is 27.2 Å². The van der Waals surface area contributed by atoms with Gasteiger partial charge in [0.1, 0.15) is 12.1 Å². The molecule has 0 saturated carbocycles. The minimum absolute atomic E-state index is 0.206. The van der Waals surface area contributed by atoms with E-state index in [1.165, 1.54) is 6.20 Å². The molecule has 0 bridgehead atoms. The monoisotopic (exact) mass is 331 g/mol. The van der Waals surface area contributed by atoms with Gasteiger partial charge in [-0.1, -0.05) is 6.92 Å². The van der Waals surface area contributed by atoms with Crippen molar-refractivity contribution in [3.63, 3.8) is 0 Å². The van der Waals surface area contributed by atoms with E-state index in [2.05, 4.69) is 0 Å². The Morgan fingerprint density at radius 1 is 1.35 bits per heavy atom. The quantitative estimate of drug-likeness (QED) is 0.838. The Morgan fingerprint density at radius 3 is 2.52 bits per heavy atom. The van der Waals surface area contributed by atoms with Crippen molar-refractivity contribution >= 4 is 5.91 Å². The molecule has 0 spiro atoms. The molecule has 1 fully saturated rings. The van der Waals surface area contributed by atoms with Gasteiger partial charge in [-0.25, -0.2) is 0 Å². The summed E-state index contributed by atoms with van der Waals surface area (Å²) in [4.78, 5) is 27.8. The summed E-state index contributed by atoms with van der Waals surface area (Å²) in [6.07, 6.45) is -3.51. The fourth-order valence-electron chi connectivity index (χ4n) is 2.95. The highest BCUT2D eigenvalue weighted by Crippen LogP contribution is 2.26. The Kier molecular flexibility index (Phi) is 4.84. The van der Waals surface area contributed by atoms with Crippen molar-refractivity contribution in [1.82, 2.24) is 14.4 Å². The van der Waals surface area contributed by atoms with Crippen molar-refractivity contribution in [2.45, 2.75) is 25.7 Å². The van der Waals surface area contributed by atoms with Crippen LogP contribution in [-0.2, 0) is 17.5 Å². The summed E-state index contributed by atoms with van der Waals surface area (Å²) < 4.78 is 39.1. The number of aromatic nitrogens is 1. The van der Waals surface area contributed by atoms with Crippen molar-refractivity contribution in [3.05, 3.63) is 34.2 Å². The lowest BCUT2D eigenvalue weighted by molar-refractivity contribution is -0.139. The normalized spacial score (nSPS) is 22.0. The number of carbonyl (C=O) groups is 1. The molecular formula is C15H20F3N3O2. The smallest absolute Gasteiger partial charge is 0.339 e. The van der Waals surface area contributed by atoms with E-state index in [0.29, 0.717) is 13.1 Å². The highest BCUT2D eigenvalue weighted by atomic mass is 19.4. The molecule has 23 heavy (non-hydrogen) atoms. The van der Waals surface area contributed by atoms with Crippen LogP contribution in [0.25, 0.3) is 0 Å². The number of likely N-dealkylation sites (tertiary alicyclic amines) is 1. The number of likely N-dealkylation sites (N-methyl/N-ethyl adjacent to an activating group) is 1. The molecular weight excluding hydrogens is 311 g/mol. The van der Waals surface area contributed by atoms with Crippen LogP contribution in [0.4, 0.5) is 13.2 Å². The third kappa shape index (κ3) is 3.74. The van der Waals surface area contributed by atoms with Gasteiger partial charge in [0.25, 0.3) is 5.56 Å². The zero-order valence-corrected chi connectivity index (χ0v) is 13.3. The highest BCUT2D eigenvalue weighted by Gasteiger charge is 2.36. The van der Waals surface area contributed by atoms with Crippen LogP contribution in [0.3, 0.4) is 0 Å². The number of alkyl halides is 3. The molecule has 1 saturated heterocycles. The second-order valence-corrected chi connectivity index (χ2v) is 6.16. The topological polar surface area (TPSA) is 45.6 Å². The first kappa shape index (κ1) is 17.5. The molecule has 1 aliphatic rings. The number of hydrogen-bond acceptors (Lipinski definition) is 3. The second kappa shape index (κ2) is 6.35. The zero-order valence-electron chi connectivity index (χ0n) is 13.3. The minimum Gasteiger partial charge on any atom is -0.339 e. The molecule has 1 aromatic rings. The van der Waals surface area contributed by atoms with Crippen molar-refractivity contribution < 1.29 is 18.0 Å². The Labute approximate surface area is 132 Å². The molecule has 2 heterocycles. The predicted molar refractivity (Wildman–Crippen MR) is 78.9 cm³/mol. The van der Waals surface area contributed by atoms with E-state index in [-0.39, 0.29) is 24.4 Å². The van der Waals surface area contributed by atoms with E-state index in [0.717, 1.165) is 16.7 Å². The van der Waals surface area contributed by atoms with Gasteiger partial charge < -0.3 is 14.4 Å².